The highest BCUT2D eigenvalue weighted by Gasteiger charge is 2.24. The molecule has 2 amide bonds. The molecule has 3 rings (SSSR count). The van der Waals surface area contributed by atoms with E-state index in [-0.39, 0.29) is 31.2 Å². The minimum Gasteiger partial charge on any atom is -0.396 e. The number of aryl methyl sites for hydroxylation is 1. The summed E-state index contributed by atoms with van der Waals surface area (Å²) >= 11 is 0. The number of aliphatic hydroxyl groups is 1. The van der Waals surface area contributed by atoms with Gasteiger partial charge in [-0.1, -0.05) is 43.7 Å². The average Bonchev–Trinajstić information content (AvgIpc) is 2.79. The summed E-state index contributed by atoms with van der Waals surface area (Å²) in [6.45, 7) is 5.94. The quantitative estimate of drug-likeness (QED) is 0.547. The van der Waals surface area contributed by atoms with E-state index in [1.807, 2.05) is 45.0 Å². The second-order valence-electron chi connectivity index (χ2n) is 9.11. The number of carbonyl (C=O) groups is 2. The van der Waals surface area contributed by atoms with Crippen molar-refractivity contribution < 1.29 is 14.7 Å². The molecule has 0 aliphatic carbocycles. The van der Waals surface area contributed by atoms with Gasteiger partial charge in [0.1, 0.15) is 17.8 Å². The van der Waals surface area contributed by atoms with Gasteiger partial charge in [-0.2, -0.15) is 0 Å². The number of fused-ring (bicyclic) bond motifs is 1. The Morgan fingerprint density at radius 1 is 1.18 bits per heavy atom. The first kappa shape index (κ1) is 24.1. The molecule has 1 aromatic carbocycles. The van der Waals surface area contributed by atoms with Gasteiger partial charge in [0.05, 0.1) is 0 Å². The molecule has 2 N–H and O–H groups in total. The molecule has 0 unspecified atom stereocenters. The van der Waals surface area contributed by atoms with Crippen molar-refractivity contribution in [3.63, 3.8) is 0 Å². The fourth-order valence-corrected chi connectivity index (χ4v) is 3.54. The number of nitrogens with zero attached hydrogens (tertiary/aromatic N) is 3. The predicted octanol–water partition coefficient (Wildman–Crippen LogP) is 2.11. The Bertz CT molecular complexity index is 1220. The molecule has 0 fully saturated rings. The smallest absolute Gasteiger partial charge is 0.265 e. The highest BCUT2D eigenvalue weighted by atomic mass is 16.3. The van der Waals surface area contributed by atoms with Crippen molar-refractivity contribution in [1.82, 2.24) is 19.8 Å². The Hall–Kier alpha value is -3.52. The summed E-state index contributed by atoms with van der Waals surface area (Å²) in [5.41, 5.74) is 1.26. The third kappa shape index (κ3) is 5.84. The molecule has 8 heteroatoms. The van der Waals surface area contributed by atoms with E-state index in [0.29, 0.717) is 17.6 Å². The maximum atomic E-state index is 13.2. The average molecular weight is 451 g/mol. The number of hydrogen-bond acceptors (Lipinski definition) is 5. The van der Waals surface area contributed by atoms with E-state index in [1.54, 1.807) is 25.4 Å². The largest absolute Gasteiger partial charge is 0.396 e. The van der Waals surface area contributed by atoms with Crippen LogP contribution in [0.2, 0.25) is 0 Å². The van der Waals surface area contributed by atoms with Crippen LogP contribution in [-0.2, 0) is 17.9 Å². The molecular weight excluding hydrogens is 420 g/mol. The molecule has 0 aliphatic heterocycles. The monoisotopic (exact) mass is 450 g/mol. The zero-order valence-electron chi connectivity index (χ0n) is 19.5. The third-order valence-corrected chi connectivity index (χ3v) is 5.48. The molecule has 0 atom stereocenters. The van der Waals surface area contributed by atoms with Crippen LogP contribution < -0.4 is 10.9 Å². The van der Waals surface area contributed by atoms with Crippen molar-refractivity contribution in [2.24, 2.45) is 5.41 Å². The van der Waals surface area contributed by atoms with Crippen molar-refractivity contribution in [2.75, 3.05) is 20.2 Å². The third-order valence-electron chi connectivity index (χ3n) is 5.48. The lowest BCUT2D eigenvalue weighted by atomic mass is 9.94. The van der Waals surface area contributed by atoms with Crippen LogP contribution in [-0.4, -0.2) is 51.6 Å². The number of aliphatic hydroxyl groups excluding tert-OH is 1. The van der Waals surface area contributed by atoms with Crippen molar-refractivity contribution in [1.29, 1.82) is 0 Å². The number of rotatable bonds is 8. The van der Waals surface area contributed by atoms with Crippen LogP contribution in [0.25, 0.3) is 11.0 Å². The van der Waals surface area contributed by atoms with E-state index in [1.165, 1.54) is 15.5 Å². The Labute approximate surface area is 192 Å². The van der Waals surface area contributed by atoms with Crippen LogP contribution in [0.4, 0.5) is 0 Å². The van der Waals surface area contributed by atoms with Crippen LogP contribution in [0, 0.1) is 12.3 Å². The Kier molecular flexibility index (Phi) is 7.28. The van der Waals surface area contributed by atoms with Crippen LogP contribution >= 0.6 is 0 Å². The minimum absolute atomic E-state index is 0.0475. The zero-order chi connectivity index (χ0) is 24.2. The zero-order valence-corrected chi connectivity index (χ0v) is 19.5. The maximum absolute atomic E-state index is 13.2. The first-order valence-corrected chi connectivity index (χ1v) is 10.8. The highest BCUT2D eigenvalue weighted by molar-refractivity contribution is 5.97. The number of hydrogen-bond donors (Lipinski definition) is 2. The van der Waals surface area contributed by atoms with Crippen LogP contribution in [0.15, 0.2) is 53.5 Å². The lowest BCUT2D eigenvalue weighted by molar-refractivity contribution is -0.132. The van der Waals surface area contributed by atoms with Gasteiger partial charge in [0.2, 0.25) is 5.91 Å². The standard InChI is InChI=1S/C25H30N4O4/c1-17-7-9-18(10-8-17)13-27-23(32)20-12-19-6-5-11-26-22(19)29(24(20)33)14-21(31)28(4)15-25(2,3)16-30/h5-12,30H,13-16H2,1-4H3,(H,27,32). The van der Waals surface area contributed by atoms with E-state index in [9.17, 15) is 19.5 Å². The van der Waals surface area contributed by atoms with Crippen molar-refractivity contribution in [2.45, 2.75) is 33.9 Å². The highest BCUT2D eigenvalue weighted by Crippen LogP contribution is 2.16. The molecule has 0 bridgehead atoms. The first-order chi connectivity index (χ1) is 15.6. The van der Waals surface area contributed by atoms with Crippen LogP contribution in [0.5, 0.6) is 0 Å². The summed E-state index contributed by atoms with van der Waals surface area (Å²) in [6, 6.07) is 12.7. The Morgan fingerprint density at radius 3 is 2.55 bits per heavy atom. The number of pyridine rings is 2. The van der Waals surface area contributed by atoms with E-state index in [2.05, 4.69) is 10.3 Å². The molecule has 174 valence electrons. The fourth-order valence-electron chi connectivity index (χ4n) is 3.54. The van der Waals surface area contributed by atoms with E-state index < -0.39 is 16.9 Å². The summed E-state index contributed by atoms with van der Waals surface area (Å²) in [7, 11) is 1.62. The van der Waals surface area contributed by atoms with Gasteiger partial charge in [-0.15, -0.1) is 0 Å². The van der Waals surface area contributed by atoms with Crippen LogP contribution in [0.3, 0.4) is 0 Å². The molecule has 3 aromatic rings. The molecule has 0 aliphatic rings. The normalized spacial score (nSPS) is 11.4. The molecular formula is C25H30N4O4. The molecule has 0 saturated carbocycles. The van der Waals surface area contributed by atoms with E-state index >= 15 is 0 Å². The fraction of sp³-hybridized carbons (Fsp3) is 0.360. The van der Waals surface area contributed by atoms with Crippen molar-refractivity contribution >= 4 is 22.8 Å². The molecule has 33 heavy (non-hydrogen) atoms. The molecule has 0 saturated heterocycles. The SMILES string of the molecule is Cc1ccc(CNC(=O)c2cc3cccnc3n(CC(=O)N(C)CC(C)(C)CO)c2=O)cc1. The molecule has 0 spiro atoms. The maximum Gasteiger partial charge on any atom is 0.265 e. The number of nitrogens with one attached hydrogen (secondary N) is 1. The van der Waals surface area contributed by atoms with E-state index in [4.69, 9.17) is 0 Å². The summed E-state index contributed by atoms with van der Waals surface area (Å²) in [5, 5.41) is 12.9. The van der Waals surface area contributed by atoms with Gasteiger partial charge in [-0.05, 0) is 30.7 Å². The van der Waals surface area contributed by atoms with Gasteiger partial charge in [0, 0.05) is 43.7 Å². The van der Waals surface area contributed by atoms with Gasteiger partial charge in [0.25, 0.3) is 11.5 Å². The summed E-state index contributed by atoms with van der Waals surface area (Å²) < 4.78 is 1.24. The number of likely N-dealkylation sites (N-methyl/N-ethyl adjacent to an activating group) is 1. The lowest BCUT2D eigenvalue weighted by Crippen LogP contribution is -2.41. The lowest BCUT2D eigenvalue weighted by Gasteiger charge is -2.28. The van der Waals surface area contributed by atoms with Gasteiger partial charge in [0.15, 0.2) is 0 Å². The van der Waals surface area contributed by atoms with Crippen molar-refractivity contribution in [3.8, 4) is 0 Å². The van der Waals surface area contributed by atoms with E-state index in [0.717, 1.165) is 11.1 Å². The molecule has 0 radical (unpaired) electrons. The topological polar surface area (TPSA) is 105 Å². The number of carbonyl (C=O) groups excluding carboxylic acids is 2. The molecule has 8 nitrogen and oxygen atoms in total. The number of benzene rings is 1. The van der Waals surface area contributed by atoms with Crippen molar-refractivity contribution in [3.05, 3.63) is 75.7 Å². The predicted molar refractivity (Wildman–Crippen MR) is 127 cm³/mol. The number of aromatic nitrogens is 2. The number of amides is 2. The second kappa shape index (κ2) is 9.95. The first-order valence-electron chi connectivity index (χ1n) is 10.8. The summed E-state index contributed by atoms with van der Waals surface area (Å²) in [6.07, 6.45) is 1.54. The second-order valence-corrected chi connectivity index (χ2v) is 9.11. The Morgan fingerprint density at radius 2 is 1.88 bits per heavy atom. The van der Waals surface area contributed by atoms with Crippen LogP contribution in [0.1, 0.15) is 35.3 Å². The minimum atomic E-state index is -0.578. The van der Waals surface area contributed by atoms with Gasteiger partial charge >= 0.3 is 0 Å². The van der Waals surface area contributed by atoms with Gasteiger partial charge < -0.3 is 15.3 Å². The Balaban J connectivity index is 1.89. The van der Waals surface area contributed by atoms with Gasteiger partial charge in [-0.3, -0.25) is 19.0 Å². The van der Waals surface area contributed by atoms with Gasteiger partial charge in [-0.25, -0.2) is 4.98 Å². The molecule has 2 heterocycles. The summed E-state index contributed by atoms with van der Waals surface area (Å²) in [4.78, 5) is 44.7. The summed E-state index contributed by atoms with van der Waals surface area (Å²) in [5.74, 6) is -0.829. The molecule has 2 aromatic heterocycles.